The topological polar surface area (TPSA) is 64.4 Å². The Morgan fingerprint density at radius 1 is 1.13 bits per heavy atom. The zero-order valence-corrected chi connectivity index (χ0v) is 12.7. The van der Waals surface area contributed by atoms with Gasteiger partial charge in [0.2, 0.25) is 0 Å². The van der Waals surface area contributed by atoms with Gasteiger partial charge >= 0.3 is 0 Å². The summed E-state index contributed by atoms with van der Waals surface area (Å²) >= 11 is 0. The van der Waals surface area contributed by atoms with Gasteiger partial charge in [0, 0.05) is 17.7 Å². The minimum Gasteiger partial charge on any atom is -0.496 e. The lowest BCUT2D eigenvalue weighted by Gasteiger charge is -2.09. The molecular formula is C18H16N2O3. The first-order valence-electron chi connectivity index (χ1n) is 7.18. The second-order valence-electron chi connectivity index (χ2n) is 4.89. The van der Waals surface area contributed by atoms with E-state index in [2.05, 4.69) is 10.3 Å². The largest absolute Gasteiger partial charge is 0.496 e. The van der Waals surface area contributed by atoms with Gasteiger partial charge in [-0.1, -0.05) is 48.5 Å². The van der Waals surface area contributed by atoms with Crippen LogP contribution in [0.5, 0.6) is 5.75 Å². The van der Waals surface area contributed by atoms with Gasteiger partial charge in [-0.3, -0.25) is 4.79 Å². The van der Waals surface area contributed by atoms with Gasteiger partial charge in [-0.2, -0.15) is 0 Å². The molecule has 1 aromatic heterocycles. The predicted octanol–water partition coefficient (Wildman–Crippen LogP) is 3.28. The Morgan fingerprint density at radius 2 is 1.87 bits per heavy atom. The smallest absolute Gasteiger partial charge is 0.274 e. The molecule has 0 saturated heterocycles. The van der Waals surface area contributed by atoms with Crippen LogP contribution in [0.3, 0.4) is 0 Å². The maximum Gasteiger partial charge on any atom is 0.274 e. The van der Waals surface area contributed by atoms with Gasteiger partial charge in [-0.05, 0) is 6.07 Å². The van der Waals surface area contributed by atoms with Crippen molar-refractivity contribution in [3.05, 3.63) is 72.2 Å². The first-order chi connectivity index (χ1) is 11.3. The normalized spacial score (nSPS) is 10.3. The fraction of sp³-hybridized carbons (Fsp3) is 0.111. The minimum absolute atomic E-state index is 0.270. The number of hydrogen-bond acceptors (Lipinski definition) is 4. The molecule has 3 aromatic rings. The summed E-state index contributed by atoms with van der Waals surface area (Å²) in [5.74, 6) is 0.905. The number of nitrogens with zero attached hydrogens (tertiary/aromatic N) is 1. The summed E-state index contributed by atoms with van der Waals surface area (Å²) in [5, 5.41) is 2.84. The van der Waals surface area contributed by atoms with Crippen LogP contribution in [0.2, 0.25) is 0 Å². The Morgan fingerprint density at radius 3 is 2.65 bits per heavy atom. The third-order valence-corrected chi connectivity index (χ3v) is 3.45. The molecule has 0 aliphatic rings. The molecule has 3 rings (SSSR count). The summed E-state index contributed by atoms with van der Waals surface area (Å²) in [7, 11) is 1.60. The summed E-state index contributed by atoms with van der Waals surface area (Å²) in [5.41, 5.74) is 1.98. The van der Waals surface area contributed by atoms with E-state index >= 15 is 0 Å². The van der Waals surface area contributed by atoms with Crippen molar-refractivity contribution >= 4 is 5.91 Å². The first-order valence-corrected chi connectivity index (χ1v) is 7.18. The average molecular weight is 308 g/mol. The van der Waals surface area contributed by atoms with Crippen molar-refractivity contribution in [3.63, 3.8) is 0 Å². The zero-order chi connectivity index (χ0) is 16.1. The highest BCUT2D eigenvalue weighted by Gasteiger charge is 2.18. The molecule has 5 nitrogen and oxygen atoms in total. The van der Waals surface area contributed by atoms with E-state index in [0.717, 1.165) is 16.9 Å². The SMILES string of the molecule is COc1ccccc1CNC(=O)c1ncoc1-c1ccccc1. The molecule has 1 N–H and O–H groups in total. The molecule has 0 aliphatic heterocycles. The third kappa shape index (κ3) is 3.23. The van der Waals surface area contributed by atoms with Crippen LogP contribution >= 0.6 is 0 Å². The second kappa shape index (κ2) is 6.79. The van der Waals surface area contributed by atoms with Crippen LogP contribution in [-0.2, 0) is 6.54 Å². The van der Waals surface area contributed by atoms with E-state index in [1.165, 1.54) is 6.39 Å². The quantitative estimate of drug-likeness (QED) is 0.785. The third-order valence-electron chi connectivity index (χ3n) is 3.45. The maximum atomic E-state index is 12.4. The number of hydrogen-bond donors (Lipinski definition) is 1. The number of rotatable bonds is 5. The number of carbonyl (C=O) groups is 1. The monoisotopic (exact) mass is 308 g/mol. The molecule has 0 atom stereocenters. The highest BCUT2D eigenvalue weighted by atomic mass is 16.5. The average Bonchev–Trinajstić information content (AvgIpc) is 3.10. The number of ether oxygens (including phenoxy) is 1. The van der Waals surface area contributed by atoms with Crippen molar-refractivity contribution < 1.29 is 13.9 Å². The number of amides is 1. The fourth-order valence-electron chi connectivity index (χ4n) is 2.31. The molecule has 0 saturated carbocycles. The Bertz CT molecular complexity index is 797. The Kier molecular flexibility index (Phi) is 4.38. The second-order valence-corrected chi connectivity index (χ2v) is 4.89. The molecule has 0 bridgehead atoms. The van der Waals surface area contributed by atoms with Crippen LogP contribution in [0.1, 0.15) is 16.1 Å². The van der Waals surface area contributed by atoms with Crippen LogP contribution in [0.15, 0.2) is 65.4 Å². The lowest BCUT2D eigenvalue weighted by atomic mass is 10.1. The van der Waals surface area contributed by atoms with Crippen molar-refractivity contribution in [1.29, 1.82) is 0 Å². The molecule has 0 spiro atoms. The summed E-state index contributed by atoms with van der Waals surface area (Å²) in [6.45, 7) is 0.351. The number of aromatic nitrogens is 1. The van der Waals surface area contributed by atoms with Gasteiger partial charge in [0.25, 0.3) is 5.91 Å². The maximum absolute atomic E-state index is 12.4. The highest BCUT2D eigenvalue weighted by molar-refractivity contribution is 5.97. The fourth-order valence-corrected chi connectivity index (χ4v) is 2.31. The molecule has 0 radical (unpaired) electrons. The van der Waals surface area contributed by atoms with E-state index in [9.17, 15) is 4.79 Å². The number of benzene rings is 2. The van der Waals surface area contributed by atoms with E-state index in [4.69, 9.17) is 9.15 Å². The van der Waals surface area contributed by atoms with Gasteiger partial charge < -0.3 is 14.5 Å². The molecule has 23 heavy (non-hydrogen) atoms. The van der Waals surface area contributed by atoms with Gasteiger partial charge in [0.05, 0.1) is 7.11 Å². The van der Waals surface area contributed by atoms with E-state index in [1.54, 1.807) is 7.11 Å². The van der Waals surface area contributed by atoms with Crippen molar-refractivity contribution in [3.8, 4) is 17.1 Å². The molecule has 0 fully saturated rings. The number of para-hydroxylation sites is 1. The molecule has 2 aromatic carbocycles. The molecule has 5 heteroatoms. The zero-order valence-electron chi connectivity index (χ0n) is 12.7. The van der Waals surface area contributed by atoms with Gasteiger partial charge in [0.1, 0.15) is 5.75 Å². The number of oxazole rings is 1. The number of methoxy groups -OCH3 is 1. The number of nitrogens with one attached hydrogen (secondary N) is 1. The molecular weight excluding hydrogens is 292 g/mol. The van der Waals surface area contributed by atoms with E-state index in [-0.39, 0.29) is 11.6 Å². The Balaban J connectivity index is 1.76. The lowest BCUT2D eigenvalue weighted by Crippen LogP contribution is -2.24. The van der Waals surface area contributed by atoms with Crippen molar-refractivity contribution in [1.82, 2.24) is 10.3 Å². The minimum atomic E-state index is -0.288. The molecule has 1 amide bonds. The predicted molar refractivity (Wildman–Crippen MR) is 86.1 cm³/mol. The van der Waals surface area contributed by atoms with E-state index < -0.39 is 0 Å². The lowest BCUT2D eigenvalue weighted by molar-refractivity contribution is 0.0946. The van der Waals surface area contributed by atoms with Crippen LogP contribution in [-0.4, -0.2) is 18.0 Å². The summed E-state index contributed by atoms with van der Waals surface area (Å²) in [4.78, 5) is 16.4. The van der Waals surface area contributed by atoms with Gasteiger partial charge in [-0.25, -0.2) is 4.98 Å². The van der Waals surface area contributed by atoms with Crippen LogP contribution in [0, 0.1) is 0 Å². The molecule has 0 aliphatic carbocycles. The Labute approximate surface area is 133 Å². The standard InChI is InChI=1S/C18H16N2O3/c1-22-15-10-6-5-9-14(15)11-19-18(21)16-17(23-12-20-16)13-7-3-2-4-8-13/h2-10,12H,11H2,1H3,(H,19,21). The molecule has 1 heterocycles. The van der Waals surface area contributed by atoms with Crippen molar-refractivity contribution in [2.45, 2.75) is 6.54 Å². The Hall–Kier alpha value is -3.08. The number of carbonyl (C=O) groups excluding carboxylic acids is 1. The van der Waals surface area contributed by atoms with Gasteiger partial charge in [-0.15, -0.1) is 0 Å². The first kappa shape index (κ1) is 14.8. The highest BCUT2D eigenvalue weighted by Crippen LogP contribution is 2.23. The summed E-state index contributed by atoms with van der Waals surface area (Å²) < 4.78 is 10.6. The van der Waals surface area contributed by atoms with Crippen LogP contribution in [0.25, 0.3) is 11.3 Å². The van der Waals surface area contributed by atoms with E-state index in [1.807, 2.05) is 54.6 Å². The molecule has 0 unspecified atom stereocenters. The molecule has 116 valence electrons. The van der Waals surface area contributed by atoms with Crippen LogP contribution in [0.4, 0.5) is 0 Å². The van der Waals surface area contributed by atoms with Gasteiger partial charge in [0.15, 0.2) is 17.8 Å². The van der Waals surface area contributed by atoms with Crippen molar-refractivity contribution in [2.24, 2.45) is 0 Å². The summed E-state index contributed by atoms with van der Waals surface area (Å²) in [6.07, 6.45) is 1.28. The van der Waals surface area contributed by atoms with Crippen molar-refractivity contribution in [2.75, 3.05) is 7.11 Å². The van der Waals surface area contributed by atoms with Crippen LogP contribution < -0.4 is 10.1 Å². The summed E-state index contributed by atoms with van der Waals surface area (Å²) in [6, 6.07) is 17.0. The van der Waals surface area contributed by atoms with E-state index in [0.29, 0.717) is 12.3 Å².